The fourth-order valence-corrected chi connectivity index (χ4v) is 3.00. The zero-order valence-electron chi connectivity index (χ0n) is 14.3. The van der Waals surface area contributed by atoms with Gasteiger partial charge in [0, 0.05) is 12.6 Å². The molecule has 1 atom stereocenters. The third-order valence-corrected chi connectivity index (χ3v) is 5.19. The molecule has 6 heteroatoms. The molecule has 0 aliphatic carbocycles. The predicted molar refractivity (Wildman–Crippen MR) is 95.6 cm³/mol. The van der Waals surface area contributed by atoms with Crippen LogP contribution in [0.1, 0.15) is 24.1 Å². The molecule has 0 aliphatic rings. The van der Waals surface area contributed by atoms with Crippen LogP contribution in [0.5, 0.6) is 5.75 Å². The number of sulfonamides is 1. The number of hydrogen-bond acceptors (Lipinski definition) is 4. The topological polar surface area (TPSA) is 72.6 Å². The molecule has 0 saturated carbocycles. The summed E-state index contributed by atoms with van der Waals surface area (Å²) >= 11 is 0. The van der Waals surface area contributed by atoms with E-state index in [0.29, 0.717) is 0 Å². The second-order valence-corrected chi connectivity index (χ2v) is 7.43. The van der Waals surface area contributed by atoms with E-state index in [1.165, 1.54) is 5.56 Å². The highest BCUT2D eigenvalue weighted by molar-refractivity contribution is 7.89. The van der Waals surface area contributed by atoms with Gasteiger partial charge in [-0.15, -0.1) is 0 Å². The molecule has 2 aromatic carbocycles. The van der Waals surface area contributed by atoms with Crippen LogP contribution in [-0.2, 0) is 16.4 Å². The Bertz CT molecular complexity index is 756. The molecule has 0 bridgehead atoms. The summed E-state index contributed by atoms with van der Waals surface area (Å²) in [5.74, 6) is 0.857. The molecule has 2 N–H and O–H groups in total. The SMILES string of the molecule is COc1ccc(CCN(C)C(C)c2ccc(S(N)(=O)=O)cc2)cc1. The number of methoxy groups -OCH3 is 1. The first-order chi connectivity index (χ1) is 11.3. The standard InChI is InChI=1S/C18H24N2O3S/c1-14(16-6-10-18(11-7-16)24(19,21)22)20(2)13-12-15-4-8-17(23-3)9-5-15/h4-11,14H,12-13H2,1-3H3,(H2,19,21,22). The molecule has 0 saturated heterocycles. The Labute approximate surface area is 144 Å². The van der Waals surface area contributed by atoms with E-state index in [2.05, 4.69) is 31.0 Å². The highest BCUT2D eigenvalue weighted by atomic mass is 32.2. The van der Waals surface area contributed by atoms with Crippen LogP contribution >= 0.6 is 0 Å². The molecule has 0 spiro atoms. The van der Waals surface area contributed by atoms with Gasteiger partial charge >= 0.3 is 0 Å². The second-order valence-electron chi connectivity index (χ2n) is 5.87. The summed E-state index contributed by atoms with van der Waals surface area (Å²) in [7, 11) is 0.0743. The molecular formula is C18H24N2O3S. The van der Waals surface area contributed by atoms with Gasteiger partial charge in [-0.1, -0.05) is 24.3 Å². The molecular weight excluding hydrogens is 324 g/mol. The van der Waals surface area contributed by atoms with Crippen molar-refractivity contribution in [2.45, 2.75) is 24.3 Å². The van der Waals surface area contributed by atoms with Gasteiger partial charge in [-0.05, 0) is 55.8 Å². The maximum Gasteiger partial charge on any atom is 0.238 e. The molecule has 5 nitrogen and oxygen atoms in total. The Balaban J connectivity index is 1.97. The van der Waals surface area contributed by atoms with Crippen molar-refractivity contribution in [1.29, 1.82) is 0 Å². The van der Waals surface area contributed by atoms with Crippen molar-refractivity contribution in [2.24, 2.45) is 5.14 Å². The number of likely N-dealkylation sites (N-methyl/N-ethyl adjacent to an activating group) is 1. The number of rotatable bonds is 7. The van der Waals surface area contributed by atoms with Gasteiger partial charge < -0.3 is 4.74 Å². The Morgan fingerprint density at radius 3 is 2.17 bits per heavy atom. The van der Waals surface area contributed by atoms with Crippen molar-refractivity contribution in [3.8, 4) is 5.75 Å². The maximum absolute atomic E-state index is 11.3. The number of nitrogens with two attached hydrogens (primary N) is 1. The minimum Gasteiger partial charge on any atom is -0.497 e. The monoisotopic (exact) mass is 348 g/mol. The predicted octanol–water partition coefficient (Wildman–Crippen LogP) is 2.58. The normalized spacial score (nSPS) is 13.0. The molecule has 0 heterocycles. The smallest absolute Gasteiger partial charge is 0.238 e. The first-order valence-electron chi connectivity index (χ1n) is 7.77. The fourth-order valence-electron chi connectivity index (χ4n) is 2.48. The lowest BCUT2D eigenvalue weighted by atomic mass is 10.1. The Morgan fingerprint density at radius 2 is 1.67 bits per heavy atom. The van der Waals surface area contributed by atoms with E-state index in [9.17, 15) is 8.42 Å². The van der Waals surface area contributed by atoms with Crippen molar-refractivity contribution in [3.63, 3.8) is 0 Å². The summed E-state index contributed by atoms with van der Waals surface area (Å²) in [6.07, 6.45) is 0.931. The third-order valence-electron chi connectivity index (χ3n) is 4.26. The van der Waals surface area contributed by atoms with Gasteiger partial charge in [-0.3, -0.25) is 4.90 Å². The summed E-state index contributed by atoms with van der Waals surface area (Å²) in [6, 6.07) is 15.0. The van der Waals surface area contributed by atoms with Crippen molar-refractivity contribution < 1.29 is 13.2 Å². The quantitative estimate of drug-likeness (QED) is 0.835. The van der Waals surface area contributed by atoms with Gasteiger partial charge in [-0.25, -0.2) is 13.6 Å². The molecule has 0 aromatic heterocycles. The van der Waals surface area contributed by atoms with Crippen LogP contribution in [0.4, 0.5) is 0 Å². The number of primary sulfonamides is 1. The number of benzene rings is 2. The lowest BCUT2D eigenvalue weighted by Crippen LogP contribution is -2.25. The molecule has 24 heavy (non-hydrogen) atoms. The van der Waals surface area contributed by atoms with Crippen LogP contribution in [-0.4, -0.2) is 34.0 Å². The van der Waals surface area contributed by atoms with E-state index in [0.717, 1.165) is 24.3 Å². The molecule has 130 valence electrons. The first kappa shape index (κ1) is 18.4. The zero-order valence-corrected chi connectivity index (χ0v) is 15.1. The van der Waals surface area contributed by atoms with Gasteiger partial charge in [0.15, 0.2) is 0 Å². The van der Waals surface area contributed by atoms with Gasteiger partial charge in [0.25, 0.3) is 0 Å². The van der Waals surface area contributed by atoms with E-state index in [1.54, 1.807) is 19.2 Å². The Kier molecular flexibility index (Phi) is 5.99. The Hall–Kier alpha value is -1.89. The van der Waals surface area contributed by atoms with Crippen LogP contribution in [0, 0.1) is 0 Å². The number of nitrogens with zero attached hydrogens (tertiary/aromatic N) is 1. The van der Waals surface area contributed by atoms with Gasteiger partial charge in [-0.2, -0.15) is 0 Å². The fraction of sp³-hybridized carbons (Fsp3) is 0.333. The number of hydrogen-bond donors (Lipinski definition) is 1. The van der Waals surface area contributed by atoms with Gasteiger partial charge in [0.1, 0.15) is 5.75 Å². The van der Waals surface area contributed by atoms with Crippen LogP contribution < -0.4 is 9.88 Å². The molecule has 0 fully saturated rings. The van der Waals surface area contributed by atoms with Gasteiger partial charge in [0.2, 0.25) is 10.0 Å². The minimum atomic E-state index is -3.64. The van der Waals surface area contributed by atoms with Gasteiger partial charge in [0.05, 0.1) is 12.0 Å². The second kappa shape index (κ2) is 7.79. The maximum atomic E-state index is 11.3. The number of ether oxygens (including phenoxy) is 1. The molecule has 0 aliphatic heterocycles. The Morgan fingerprint density at radius 1 is 1.08 bits per heavy atom. The third kappa shape index (κ3) is 4.80. The highest BCUT2D eigenvalue weighted by Crippen LogP contribution is 2.21. The lowest BCUT2D eigenvalue weighted by Gasteiger charge is -2.25. The zero-order chi connectivity index (χ0) is 17.7. The average molecular weight is 348 g/mol. The molecule has 2 aromatic rings. The van der Waals surface area contributed by atoms with Crippen molar-refractivity contribution >= 4 is 10.0 Å². The van der Waals surface area contributed by atoms with E-state index in [4.69, 9.17) is 9.88 Å². The summed E-state index contributed by atoms with van der Waals surface area (Å²) in [5.41, 5.74) is 2.30. The molecule has 0 amide bonds. The average Bonchev–Trinajstić information content (AvgIpc) is 2.58. The summed E-state index contributed by atoms with van der Waals surface area (Å²) in [5, 5.41) is 5.13. The summed E-state index contributed by atoms with van der Waals surface area (Å²) in [4.78, 5) is 2.37. The van der Waals surface area contributed by atoms with E-state index >= 15 is 0 Å². The minimum absolute atomic E-state index is 0.138. The largest absolute Gasteiger partial charge is 0.497 e. The van der Waals surface area contributed by atoms with E-state index in [1.807, 2.05) is 24.3 Å². The van der Waals surface area contributed by atoms with Crippen LogP contribution in [0.25, 0.3) is 0 Å². The van der Waals surface area contributed by atoms with Crippen LogP contribution in [0.15, 0.2) is 53.4 Å². The first-order valence-corrected chi connectivity index (χ1v) is 9.32. The van der Waals surface area contributed by atoms with Crippen LogP contribution in [0.2, 0.25) is 0 Å². The van der Waals surface area contributed by atoms with Crippen molar-refractivity contribution in [1.82, 2.24) is 4.90 Å². The van der Waals surface area contributed by atoms with E-state index < -0.39 is 10.0 Å². The van der Waals surface area contributed by atoms with Crippen molar-refractivity contribution in [2.75, 3.05) is 20.7 Å². The highest BCUT2D eigenvalue weighted by Gasteiger charge is 2.13. The molecule has 2 rings (SSSR count). The summed E-state index contributed by atoms with van der Waals surface area (Å²) < 4.78 is 27.8. The van der Waals surface area contributed by atoms with Crippen LogP contribution in [0.3, 0.4) is 0 Å². The van der Waals surface area contributed by atoms with Crippen molar-refractivity contribution in [3.05, 3.63) is 59.7 Å². The lowest BCUT2D eigenvalue weighted by molar-refractivity contribution is 0.265. The molecule has 1 unspecified atom stereocenters. The summed E-state index contributed by atoms with van der Waals surface area (Å²) in [6.45, 7) is 2.99. The van der Waals surface area contributed by atoms with E-state index in [-0.39, 0.29) is 10.9 Å². The molecule has 0 radical (unpaired) electrons.